The number of benzene rings is 1. The molecule has 0 radical (unpaired) electrons. The fourth-order valence-corrected chi connectivity index (χ4v) is 4.00. The molecule has 0 unspecified atom stereocenters. The van der Waals surface area contributed by atoms with Crippen molar-refractivity contribution in [1.29, 1.82) is 0 Å². The van der Waals surface area contributed by atoms with Crippen molar-refractivity contribution < 1.29 is 39.6 Å². The molecule has 1 fully saturated rings. The number of urea groups is 1. The summed E-state index contributed by atoms with van der Waals surface area (Å²) in [6.07, 6.45) is 1.25. The second-order valence-corrected chi connectivity index (χ2v) is 9.74. The van der Waals surface area contributed by atoms with Crippen molar-refractivity contribution in [3.8, 4) is 0 Å². The first-order valence-electron chi connectivity index (χ1n) is 8.48. The average molecular weight is 493 g/mol. The molecule has 0 saturated carbocycles. The summed E-state index contributed by atoms with van der Waals surface area (Å²) in [6, 6.07) is 5.08. The Morgan fingerprint density at radius 1 is 1.06 bits per heavy atom. The number of nitrogens with two attached hydrogens (primary N) is 1. The number of nitrogens with zero attached hydrogens (tertiary/aromatic N) is 3. The molecule has 3 N–H and O–H groups in total. The van der Waals surface area contributed by atoms with Gasteiger partial charge in [-0.25, -0.2) is 28.2 Å². The molecule has 16 heteroatoms. The molecule has 3 amide bonds. The third-order valence-electron chi connectivity index (χ3n) is 4.19. The van der Waals surface area contributed by atoms with E-state index in [-0.39, 0.29) is 24.6 Å². The van der Waals surface area contributed by atoms with E-state index < -0.39 is 42.4 Å². The molecule has 3 rings (SSSR count). The summed E-state index contributed by atoms with van der Waals surface area (Å²) < 4.78 is 85.0. The van der Waals surface area contributed by atoms with Gasteiger partial charge in [-0.05, 0) is 42.0 Å². The predicted molar refractivity (Wildman–Crippen MR) is 104 cm³/mol. The van der Waals surface area contributed by atoms with Crippen LogP contribution in [0.15, 0.2) is 47.5 Å². The summed E-state index contributed by atoms with van der Waals surface area (Å²) in [5.41, 5.74) is -5.21. The predicted octanol–water partition coefficient (Wildman–Crippen LogP) is 0.959. The number of alkyl halides is 3. The van der Waals surface area contributed by atoms with E-state index in [9.17, 15) is 39.6 Å². The zero-order chi connectivity index (χ0) is 23.9. The number of imide groups is 1. The molecule has 1 saturated heterocycles. The third kappa shape index (κ3) is 4.81. The van der Waals surface area contributed by atoms with Crippen LogP contribution in [0.4, 0.5) is 29.5 Å². The molecular formula is C16H14F3N5O6S2. The Bertz CT molecular complexity index is 1280. The Hall–Kier alpha value is -3.24. The Morgan fingerprint density at radius 3 is 2.25 bits per heavy atom. The van der Waals surface area contributed by atoms with Crippen molar-refractivity contribution >= 4 is 43.5 Å². The summed E-state index contributed by atoms with van der Waals surface area (Å²) in [5.74, 6) is -0.806. The van der Waals surface area contributed by atoms with Gasteiger partial charge in [0.2, 0.25) is 0 Å². The van der Waals surface area contributed by atoms with Crippen LogP contribution in [0.25, 0.3) is 0 Å². The number of amides is 3. The van der Waals surface area contributed by atoms with Crippen LogP contribution in [0.5, 0.6) is 0 Å². The molecule has 2 aromatic rings. The zero-order valence-electron chi connectivity index (χ0n) is 15.8. The lowest BCUT2D eigenvalue weighted by Crippen LogP contribution is -2.33. The van der Waals surface area contributed by atoms with Crippen LogP contribution >= 0.6 is 0 Å². The summed E-state index contributed by atoms with van der Waals surface area (Å²) in [7, 11) is -9.65. The van der Waals surface area contributed by atoms with Gasteiger partial charge < -0.3 is 4.90 Å². The molecule has 0 aliphatic carbocycles. The van der Waals surface area contributed by atoms with Gasteiger partial charge in [0.15, 0.2) is 0 Å². The fourth-order valence-electron chi connectivity index (χ4n) is 2.83. The van der Waals surface area contributed by atoms with E-state index in [2.05, 4.69) is 4.98 Å². The normalized spacial score (nSPS) is 15.4. The SMILES string of the molecule is NS(=O)(=O)Nc1cc(CN2CC(=O)N(c3ccc(S(=O)(=O)C(F)(F)F)cc3)C2=O)ccn1. The van der Waals surface area contributed by atoms with Gasteiger partial charge in [-0.2, -0.15) is 21.6 Å². The maximum atomic E-state index is 12.7. The highest BCUT2D eigenvalue weighted by atomic mass is 32.2. The largest absolute Gasteiger partial charge is 0.501 e. The quantitative estimate of drug-likeness (QED) is 0.567. The smallest absolute Gasteiger partial charge is 0.310 e. The molecule has 172 valence electrons. The van der Waals surface area contributed by atoms with E-state index in [1.54, 1.807) is 0 Å². The van der Waals surface area contributed by atoms with Gasteiger partial charge in [-0.3, -0.25) is 9.52 Å². The molecule has 11 nitrogen and oxygen atoms in total. The summed E-state index contributed by atoms with van der Waals surface area (Å²) >= 11 is 0. The maximum absolute atomic E-state index is 12.7. The van der Waals surface area contributed by atoms with Crippen molar-refractivity contribution in [1.82, 2.24) is 9.88 Å². The van der Waals surface area contributed by atoms with Crippen LogP contribution < -0.4 is 14.8 Å². The number of pyridine rings is 1. The minimum absolute atomic E-state index is 0.110. The number of anilines is 2. The Morgan fingerprint density at radius 2 is 1.69 bits per heavy atom. The number of hydrogen-bond donors (Lipinski definition) is 2. The van der Waals surface area contributed by atoms with E-state index in [0.717, 1.165) is 17.0 Å². The van der Waals surface area contributed by atoms with Crippen LogP contribution in [0, 0.1) is 0 Å². The Labute approximate surface area is 179 Å². The molecule has 1 aliphatic rings. The van der Waals surface area contributed by atoms with Gasteiger partial charge in [-0.15, -0.1) is 0 Å². The molecule has 1 aromatic heterocycles. The molecule has 0 bridgehead atoms. The lowest BCUT2D eigenvalue weighted by molar-refractivity contribution is -0.116. The number of nitrogens with one attached hydrogen (secondary N) is 1. The van der Waals surface area contributed by atoms with Crippen molar-refractivity contribution in [2.45, 2.75) is 16.9 Å². The van der Waals surface area contributed by atoms with Crippen molar-refractivity contribution in [2.75, 3.05) is 16.2 Å². The second kappa shape index (κ2) is 8.03. The van der Waals surface area contributed by atoms with E-state index in [4.69, 9.17) is 5.14 Å². The number of rotatable bonds is 6. The second-order valence-electron chi connectivity index (χ2n) is 6.51. The number of aromatic nitrogens is 1. The van der Waals surface area contributed by atoms with Crippen molar-refractivity contribution in [3.05, 3.63) is 48.2 Å². The molecule has 0 atom stereocenters. The number of carbonyl (C=O) groups excluding carboxylic acids is 2. The first-order valence-corrected chi connectivity index (χ1v) is 11.5. The number of halogens is 3. The van der Waals surface area contributed by atoms with E-state index in [1.807, 2.05) is 4.72 Å². The average Bonchev–Trinajstić information content (AvgIpc) is 2.93. The lowest BCUT2D eigenvalue weighted by Gasteiger charge is -2.18. The molecular weight excluding hydrogens is 479 g/mol. The van der Waals surface area contributed by atoms with Crippen LogP contribution in [0.1, 0.15) is 5.56 Å². The van der Waals surface area contributed by atoms with Crippen LogP contribution in [-0.4, -0.2) is 50.7 Å². The molecule has 2 heterocycles. The number of hydrogen-bond acceptors (Lipinski definition) is 7. The van der Waals surface area contributed by atoms with Gasteiger partial charge >= 0.3 is 11.5 Å². The van der Waals surface area contributed by atoms with Crippen LogP contribution in [0.2, 0.25) is 0 Å². The minimum Gasteiger partial charge on any atom is -0.310 e. The van der Waals surface area contributed by atoms with Crippen LogP contribution in [-0.2, 0) is 31.4 Å². The third-order valence-corrected chi connectivity index (χ3v) is 6.19. The van der Waals surface area contributed by atoms with E-state index in [0.29, 0.717) is 22.6 Å². The highest BCUT2D eigenvalue weighted by Crippen LogP contribution is 2.32. The highest BCUT2D eigenvalue weighted by Gasteiger charge is 2.47. The number of carbonyl (C=O) groups is 2. The van der Waals surface area contributed by atoms with Gasteiger partial charge in [0.05, 0.1) is 10.6 Å². The first-order chi connectivity index (χ1) is 14.7. The summed E-state index contributed by atoms with van der Waals surface area (Å²) in [5, 5.41) is 4.87. The van der Waals surface area contributed by atoms with Crippen molar-refractivity contribution in [3.63, 3.8) is 0 Å². The summed E-state index contributed by atoms with van der Waals surface area (Å²) in [4.78, 5) is 29.5. The van der Waals surface area contributed by atoms with Gasteiger partial charge in [-0.1, -0.05) is 0 Å². The maximum Gasteiger partial charge on any atom is 0.501 e. The van der Waals surface area contributed by atoms with Gasteiger partial charge in [0, 0.05) is 12.7 Å². The molecule has 32 heavy (non-hydrogen) atoms. The van der Waals surface area contributed by atoms with Gasteiger partial charge in [0.1, 0.15) is 12.4 Å². The monoisotopic (exact) mass is 493 g/mol. The topological polar surface area (TPSA) is 160 Å². The Kier molecular flexibility index (Phi) is 5.88. The molecule has 1 aliphatic heterocycles. The first kappa shape index (κ1) is 23.4. The van der Waals surface area contributed by atoms with Crippen LogP contribution in [0.3, 0.4) is 0 Å². The van der Waals surface area contributed by atoms with Crippen molar-refractivity contribution in [2.24, 2.45) is 5.14 Å². The molecule has 1 aromatic carbocycles. The minimum atomic E-state index is -5.57. The summed E-state index contributed by atoms with van der Waals surface area (Å²) in [6.45, 7) is -0.495. The van der Waals surface area contributed by atoms with E-state index in [1.165, 1.54) is 18.3 Å². The standard InChI is InChI=1S/C16H14F3N5O6S2/c17-16(18,19)31(27,28)12-3-1-11(2-4-12)24-14(25)9-23(15(24)26)8-10-5-6-21-13(7-10)22-32(20,29)30/h1-7H,8-9H2,(H,21,22)(H2,20,29,30). The lowest BCUT2D eigenvalue weighted by atomic mass is 10.2. The van der Waals surface area contributed by atoms with Gasteiger partial charge in [0.25, 0.3) is 26.0 Å². The zero-order valence-corrected chi connectivity index (χ0v) is 17.4. The highest BCUT2D eigenvalue weighted by molar-refractivity contribution is 7.92. The Balaban J connectivity index is 1.79. The fraction of sp³-hybridized carbons (Fsp3) is 0.188. The molecule has 0 spiro atoms. The van der Waals surface area contributed by atoms with E-state index >= 15 is 0 Å². The number of sulfone groups is 1.